The van der Waals surface area contributed by atoms with Crippen molar-refractivity contribution >= 4 is 6.21 Å². The van der Waals surface area contributed by atoms with Gasteiger partial charge in [0.15, 0.2) is 0 Å². The normalized spacial score (nSPS) is 27.8. The van der Waals surface area contributed by atoms with Gasteiger partial charge in [0.05, 0.1) is 12.1 Å². The lowest BCUT2D eigenvalue weighted by Crippen LogP contribution is -2.32. The molecule has 0 amide bonds. The molecule has 1 aliphatic heterocycles. The molecule has 1 aliphatic carbocycles. The average Bonchev–Trinajstić information content (AvgIpc) is 2.53. The molecule has 3 unspecified atom stereocenters. The monoisotopic (exact) mass is 293 g/mol. The molecule has 3 nitrogen and oxygen atoms in total. The van der Waals surface area contributed by atoms with E-state index in [0.717, 1.165) is 19.4 Å². The lowest BCUT2D eigenvalue weighted by atomic mass is 9.82. The molecule has 0 aromatic carbocycles. The van der Waals surface area contributed by atoms with Gasteiger partial charge in [-0.2, -0.15) is 0 Å². The molecule has 1 fully saturated rings. The van der Waals surface area contributed by atoms with Gasteiger partial charge in [-0.05, 0) is 38.2 Å². The summed E-state index contributed by atoms with van der Waals surface area (Å²) in [6.45, 7) is 1.27. The highest BCUT2D eigenvalue weighted by Crippen LogP contribution is 2.31. The topological polar surface area (TPSA) is 41.8 Å². The standard InChI is InChI=1S/C18H31NO2/c20-13-6-4-2-1-3-5-7-14-21-17-10-11-18-16(15-17)9-8-12-19-18/h8-9,12,16-18,20H,1-7,10-11,13-15H2. The zero-order chi connectivity index (χ0) is 14.8. The summed E-state index contributed by atoms with van der Waals surface area (Å²) in [5.74, 6) is 0.611. The summed E-state index contributed by atoms with van der Waals surface area (Å²) in [6, 6.07) is 0.522. The lowest BCUT2D eigenvalue weighted by Gasteiger charge is -2.33. The number of dihydropyridines is 1. The van der Waals surface area contributed by atoms with Gasteiger partial charge in [-0.25, -0.2) is 0 Å². The van der Waals surface area contributed by atoms with Gasteiger partial charge >= 0.3 is 0 Å². The smallest absolute Gasteiger partial charge is 0.0582 e. The van der Waals surface area contributed by atoms with Crippen molar-refractivity contribution in [2.45, 2.75) is 76.4 Å². The third-order valence-electron chi connectivity index (χ3n) is 4.69. The minimum absolute atomic E-state index is 0.345. The second kappa shape index (κ2) is 10.1. The van der Waals surface area contributed by atoms with E-state index in [9.17, 15) is 0 Å². The Balaban J connectivity index is 1.44. The van der Waals surface area contributed by atoms with Crippen LogP contribution in [-0.2, 0) is 4.74 Å². The summed E-state index contributed by atoms with van der Waals surface area (Å²) < 4.78 is 6.06. The van der Waals surface area contributed by atoms with Crippen LogP contribution in [0.1, 0.15) is 64.2 Å². The van der Waals surface area contributed by atoms with Crippen LogP contribution in [0.15, 0.2) is 17.1 Å². The number of nitrogens with zero attached hydrogens (tertiary/aromatic N) is 1. The Morgan fingerprint density at radius 2 is 1.76 bits per heavy atom. The number of fused-ring (bicyclic) bond motifs is 1. The molecule has 120 valence electrons. The first kappa shape index (κ1) is 16.7. The molecule has 21 heavy (non-hydrogen) atoms. The predicted molar refractivity (Wildman–Crippen MR) is 87.9 cm³/mol. The van der Waals surface area contributed by atoms with E-state index in [0.29, 0.717) is 24.7 Å². The van der Waals surface area contributed by atoms with Crippen LogP contribution in [0, 0.1) is 5.92 Å². The summed E-state index contributed by atoms with van der Waals surface area (Å²) in [7, 11) is 0. The van der Waals surface area contributed by atoms with Crippen LogP contribution in [0.4, 0.5) is 0 Å². The highest BCUT2D eigenvalue weighted by Gasteiger charge is 2.29. The minimum Gasteiger partial charge on any atom is -0.396 e. The zero-order valence-corrected chi connectivity index (χ0v) is 13.3. The number of hydrogen-bond acceptors (Lipinski definition) is 3. The first-order valence-corrected chi connectivity index (χ1v) is 8.82. The Morgan fingerprint density at radius 3 is 2.57 bits per heavy atom. The number of aliphatic hydroxyl groups excluding tert-OH is 1. The van der Waals surface area contributed by atoms with Crippen LogP contribution in [0.3, 0.4) is 0 Å². The Kier molecular flexibility index (Phi) is 8.05. The van der Waals surface area contributed by atoms with E-state index >= 15 is 0 Å². The third-order valence-corrected chi connectivity index (χ3v) is 4.69. The lowest BCUT2D eigenvalue weighted by molar-refractivity contribution is 0.0129. The highest BCUT2D eigenvalue weighted by atomic mass is 16.5. The summed E-state index contributed by atoms with van der Waals surface area (Å²) in [6.07, 6.45) is 18.8. The maximum absolute atomic E-state index is 8.71. The Morgan fingerprint density at radius 1 is 1.00 bits per heavy atom. The quantitative estimate of drug-likeness (QED) is 0.621. The van der Waals surface area contributed by atoms with Crippen LogP contribution in [0.2, 0.25) is 0 Å². The summed E-state index contributed by atoms with van der Waals surface area (Å²) in [5.41, 5.74) is 0. The number of aliphatic hydroxyl groups is 1. The van der Waals surface area contributed by atoms with Crippen LogP contribution in [0.5, 0.6) is 0 Å². The molecule has 1 heterocycles. The van der Waals surface area contributed by atoms with Crippen molar-refractivity contribution < 1.29 is 9.84 Å². The van der Waals surface area contributed by atoms with Crippen LogP contribution >= 0.6 is 0 Å². The predicted octanol–water partition coefficient (Wildman–Crippen LogP) is 3.90. The molecule has 2 rings (SSSR count). The van der Waals surface area contributed by atoms with Crippen molar-refractivity contribution in [1.29, 1.82) is 0 Å². The molecule has 3 atom stereocenters. The molecule has 0 bridgehead atoms. The van der Waals surface area contributed by atoms with Gasteiger partial charge in [0.2, 0.25) is 0 Å². The first-order chi connectivity index (χ1) is 10.4. The summed E-state index contributed by atoms with van der Waals surface area (Å²) in [4.78, 5) is 4.55. The molecular weight excluding hydrogens is 262 g/mol. The average molecular weight is 293 g/mol. The van der Waals surface area contributed by atoms with E-state index in [1.807, 2.05) is 6.21 Å². The second-order valence-corrected chi connectivity index (χ2v) is 6.42. The number of aliphatic imine (C=N–C) groups is 1. The fourth-order valence-electron chi connectivity index (χ4n) is 3.39. The van der Waals surface area contributed by atoms with Crippen molar-refractivity contribution in [3.8, 4) is 0 Å². The zero-order valence-electron chi connectivity index (χ0n) is 13.3. The van der Waals surface area contributed by atoms with Crippen molar-refractivity contribution in [3.05, 3.63) is 12.2 Å². The van der Waals surface area contributed by atoms with E-state index in [1.54, 1.807) is 0 Å². The third kappa shape index (κ3) is 6.31. The largest absolute Gasteiger partial charge is 0.396 e. The van der Waals surface area contributed by atoms with Gasteiger partial charge in [0.25, 0.3) is 0 Å². The molecule has 1 N–H and O–H groups in total. The van der Waals surface area contributed by atoms with Crippen molar-refractivity contribution in [1.82, 2.24) is 0 Å². The second-order valence-electron chi connectivity index (χ2n) is 6.42. The van der Waals surface area contributed by atoms with E-state index in [2.05, 4.69) is 17.1 Å². The maximum Gasteiger partial charge on any atom is 0.0582 e. The number of hydrogen-bond donors (Lipinski definition) is 1. The molecular formula is C18H31NO2. The Bertz CT molecular complexity index is 327. The van der Waals surface area contributed by atoms with Crippen molar-refractivity contribution in [2.75, 3.05) is 13.2 Å². The van der Waals surface area contributed by atoms with Gasteiger partial charge in [0, 0.05) is 25.3 Å². The van der Waals surface area contributed by atoms with E-state index < -0.39 is 0 Å². The number of unbranched alkanes of at least 4 members (excludes halogenated alkanes) is 6. The fourth-order valence-corrected chi connectivity index (χ4v) is 3.39. The Hall–Kier alpha value is -0.670. The summed E-state index contributed by atoms with van der Waals surface area (Å²) in [5, 5.41) is 8.71. The van der Waals surface area contributed by atoms with E-state index in [-0.39, 0.29) is 0 Å². The highest BCUT2D eigenvalue weighted by molar-refractivity contribution is 5.72. The molecule has 1 saturated carbocycles. The van der Waals surface area contributed by atoms with Gasteiger partial charge in [-0.15, -0.1) is 0 Å². The van der Waals surface area contributed by atoms with Crippen LogP contribution in [-0.4, -0.2) is 36.7 Å². The van der Waals surface area contributed by atoms with Gasteiger partial charge in [0.1, 0.15) is 0 Å². The van der Waals surface area contributed by atoms with Gasteiger partial charge in [-0.1, -0.05) is 38.2 Å². The van der Waals surface area contributed by atoms with Crippen molar-refractivity contribution in [2.24, 2.45) is 10.9 Å². The molecule has 0 aromatic heterocycles. The molecule has 0 aromatic rings. The number of ether oxygens (including phenoxy) is 1. The molecule has 2 aliphatic rings. The Labute approximate surface area is 129 Å². The molecule has 0 spiro atoms. The first-order valence-electron chi connectivity index (χ1n) is 8.82. The molecule has 3 heteroatoms. The SMILES string of the molecule is OCCCCCCCCCOC1CCC2N=CC=CC2C1. The molecule has 0 saturated heterocycles. The number of rotatable bonds is 10. The number of allylic oxidation sites excluding steroid dienone is 1. The van der Waals surface area contributed by atoms with E-state index in [1.165, 1.54) is 51.4 Å². The maximum atomic E-state index is 8.71. The fraction of sp³-hybridized carbons (Fsp3) is 0.833. The molecule has 0 radical (unpaired) electrons. The van der Waals surface area contributed by atoms with Gasteiger partial charge < -0.3 is 9.84 Å². The van der Waals surface area contributed by atoms with Crippen molar-refractivity contribution in [3.63, 3.8) is 0 Å². The minimum atomic E-state index is 0.345. The van der Waals surface area contributed by atoms with E-state index in [4.69, 9.17) is 9.84 Å². The summed E-state index contributed by atoms with van der Waals surface area (Å²) >= 11 is 0. The van der Waals surface area contributed by atoms with Gasteiger partial charge in [-0.3, -0.25) is 4.99 Å². The van der Waals surface area contributed by atoms with Crippen LogP contribution < -0.4 is 0 Å². The van der Waals surface area contributed by atoms with Crippen LogP contribution in [0.25, 0.3) is 0 Å².